The summed E-state index contributed by atoms with van der Waals surface area (Å²) >= 11 is 6.24. The van der Waals surface area contributed by atoms with Crippen LogP contribution in [0.3, 0.4) is 0 Å². The maximum atomic E-state index is 13.7. The maximum absolute atomic E-state index is 13.7. The molecule has 9 heteroatoms. The van der Waals surface area contributed by atoms with Crippen LogP contribution < -0.4 is 0 Å². The van der Waals surface area contributed by atoms with Gasteiger partial charge in [-0.15, -0.1) is 0 Å². The van der Waals surface area contributed by atoms with E-state index in [1.165, 1.54) is 6.20 Å². The Morgan fingerprint density at radius 2 is 1.72 bits per heavy atom. The molecule has 1 N–H and O–H groups in total. The molecule has 1 fully saturated rings. The number of benzene rings is 2. The molecular weight excluding hydrogens is 548 g/mol. The number of rotatable bonds is 2. The summed E-state index contributed by atoms with van der Waals surface area (Å²) in [6.07, 6.45) is 3.05. The number of halogens is 4. The van der Waals surface area contributed by atoms with Crippen LogP contribution in [0.2, 0.25) is 0 Å². The first kappa shape index (κ1) is 25.0. The molecule has 3 heterocycles. The SMILES string of the molecule is CC(C)(O)Cn1ncc2c(F)c(Br)ccc21.CC1(C)CO1.Fc1c(Br)ccc2c1C=NC2. The minimum absolute atomic E-state index is 0.205. The van der Waals surface area contributed by atoms with Gasteiger partial charge in [0.05, 0.1) is 56.9 Å². The minimum atomic E-state index is -0.873. The van der Waals surface area contributed by atoms with Gasteiger partial charge in [-0.2, -0.15) is 5.10 Å². The van der Waals surface area contributed by atoms with E-state index in [0.717, 1.165) is 12.2 Å². The van der Waals surface area contributed by atoms with Crippen molar-refractivity contribution in [2.24, 2.45) is 4.99 Å². The van der Waals surface area contributed by atoms with Crippen LogP contribution in [-0.4, -0.2) is 38.9 Å². The fourth-order valence-electron chi connectivity index (χ4n) is 2.85. The number of hydrogen-bond donors (Lipinski definition) is 1. The van der Waals surface area contributed by atoms with Gasteiger partial charge in [-0.25, -0.2) is 8.78 Å². The number of ether oxygens (including phenoxy) is 1. The number of aliphatic hydroxyl groups is 1. The van der Waals surface area contributed by atoms with Gasteiger partial charge in [-0.1, -0.05) is 6.07 Å². The highest BCUT2D eigenvalue weighted by atomic mass is 79.9. The number of aliphatic imine (C=N–C) groups is 1. The second kappa shape index (κ2) is 9.67. The van der Waals surface area contributed by atoms with Gasteiger partial charge in [-0.3, -0.25) is 9.67 Å². The Bertz CT molecular complexity index is 1150. The van der Waals surface area contributed by atoms with E-state index in [-0.39, 0.29) is 17.2 Å². The van der Waals surface area contributed by atoms with Crippen LogP contribution in [-0.2, 0) is 17.8 Å². The van der Waals surface area contributed by atoms with Crippen molar-refractivity contribution < 1.29 is 18.6 Å². The lowest BCUT2D eigenvalue weighted by Crippen LogP contribution is -2.26. The summed E-state index contributed by atoms with van der Waals surface area (Å²) in [5, 5.41) is 14.2. The predicted molar refractivity (Wildman–Crippen MR) is 129 cm³/mol. The molecule has 0 atom stereocenters. The molecule has 0 radical (unpaired) electrons. The first-order valence-electron chi connectivity index (χ1n) is 10.0. The third-order valence-corrected chi connectivity index (χ3v) is 5.90. The zero-order chi connectivity index (χ0) is 23.7. The van der Waals surface area contributed by atoms with Crippen molar-refractivity contribution in [2.75, 3.05) is 6.61 Å². The highest BCUT2D eigenvalue weighted by Crippen LogP contribution is 2.26. The molecule has 0 bridgehead atoms. The maximum Gasteiger partial charge on any atom is 0.148 e. The van der Waals surface area contributed by atoms with Crippen LogP contribution in [0.15, 0.2) is 44.4 Å². The van der Waals surface area contributed by atoms with Crippen molar-refractivity contribution in [1.29, 1.82) is 0 Å². The van der Waals surface area contributed by atoms with Crippen molar-refractivity contribution in [2.45, 2.75) is 52.0 Å². The molecule has 0 saturated carbocycles. The van der Waals surface area contributed by atoms with Crippen LogP contribution >= 0.6 is 31.9 Å². The van der Waals surface area contributed by atoms with E-state index in [0.29, 0.717) is 38.5 Å². The zero-order valence-electron chi connectivity index (χ0n) is 18.3. The Kier molecular flexibility index (Phi) is 7.54. The Balaban J connectivity index is 0.000000155. The first-order valence-corrected chi connectivity index (χ1v) is 11.6. The van der Waals surface area contributed by atoms with E-state index in [9.17, 15) is 13.9 Å². The molecule has 0 spiro atoms. The van der Waals surface area contributed by atoms with Gasteiger partial charge in [-0.05, 0) is 83.3 Å². The molecule has 3 aromatic rings. The average Bonchev–Trinajstić information content (AvgIpc) is 3.10. The summed E-state index contributed by atoms with van der Waals surface area (Å²) in [4.78, 5) is 3.97. The molecule has 0 aliphatic carbocycles. The fraction of sp³-hybridized carbons (Fsp3) is 0.391. The molecule has 2 aliphatic rings. The van der Waals surface area contributed by atoms with Crippen LogP contribution in [0.4, 0.5) is 8.78 Å². The van der Waals surface area contributed by atoms with E-state index in [4.69, 9.17) is 4.74 Å². The number of epoxide rings is 1. The molecule has 2 aromatic carbocycles. The molecule has 1 aromatic heterocycles. The van der Waals surface area contributed by atoms with E-state index in [2.05, 4.69) is 55.8 Å². The second-order valence-corrected chi connectivity index (χ2v) is 10.6. The van der Waals surface area contributed by atoms with Crippen molar-refractivity contribution >= 4 is 49.0 Å². The van der Waals surface area contributed by atoms with Gasteiger partial charge in [0.1, 0.15) is 11.6 Å². The molecule has 0 unspecified atom stereocenters. The summed E-state index contributed by atoms with van der Waals surface area (Å²) in [6, 6.07) is 7.01. The lowest BCUT2D eigenvalue weighted by atomic mass is 10.1. The van der Waals surface area contributed by atoms with Crippen LogP contribution in [0.25, 0.3) is 10.9 Å². The highest BCUT2D eigenvalue weighted by molar-refractivity contribution is 9.10. The Hall–Kier alpha value is -1.68. The number of hydrogen-bond acceptors (Lipinski definition) is 4. The lowest BCUT2D eigenvalue weighted by Gasteiger charge is -2.17. The van der Waals surface area contributed by atoms with Gasteiger partial charge >= 0.3 is 0 Å². The van der Waals surface area contributed by atoms with Crippen molar-refractivity contribution in [3.05, 3.63) is 62.2 Å². The van der Waals surface area contributed by atoms with Gasteiger partial charge in [0.25, 0.3) is 0 Å². The van der Waals surface area contributed by atoms with E-state index < -0.39 is 5.60 Å². The molecule has 5 nitrogen and oxygen atoms in total. The molecule has 1 saturated heterocycles. The number of nitrogens with zero attached hydrogens (tertiary/aromatic N) is 3. The van der Waals surface area contributed by atoms with E-state index in [1.54, 1.807) is 42.9 Å². The largest absolute Gasteiger partial charge is 0.389 e. The summed E-state index contributed by atoms with van der Waals surface area (Å²) in [5.41, 5.74) is 1.65. The lowest BCUT2D eigenvalue weighted by molar-refractivity contribution is 0.0591. The molecule has 0 amide bonds. The van der Waals surface area contributed by atoms with Crippen molar-refractivity contribution in [3.63, 3.8) is 0 Å². The van der Waals surface area contributed by atoms with E-state index in [1.807, 2.05) is 6.07 Å². The highest BCUT2D eigenvalue weighted by Gasteiger charge is 2.32. The average molecular weight is 573 g/mol. The predicted octanol–water partition coefficient (Wildman–Crippen LogP) is 6.02. The number of fused-ring (bicyclic) bond motifs is 2. The van der Waals surface area contributed by atoms with E-state index >= 15 is 0 Å². The van der Waals surface area contributed by atoms with Crippen LogP contribution in [0.5, 0.6) is 0 Å². The topological polar surface area (TPSA) is 62.9 Å². The molecule has 2 aliphatic heterocycles. The van der Waals surface area contributed by atoms with Crippen molar-refractivity contribution in [1.82, 2.24) is 9.78 Å². The normalized spacial score (nSPS) is 15.5. The van der Waals surface area contributed by atoms with Gasteiger partial charge in [0.2, 0.25) is 0 Å². The third-order valence-electron chi connectivity index (χ3n) is 4.68. The zero-order valence-corrected chi connectivity index (χ0v) is 21.5. The standard InChI is InChI=1S/C11H12BrFN2O.C8H5BrFN.C4H8O/c1-11(2,16)6-15-9-4-3-8(12)10(13)7(9)5-14-15;9-7-2-1-5-3-11-4-6(5)8(7)10;1-4(2)3-5-4/h3-5,16H,6H2,1-2H3;1-2,4H,3H2;3H2,1-2H3. The van der Waals surface area contributed by atoms with Crippen LogP contribution in [0.1, 0.15) is 38.8 Å². The Labute approximate surface area is 202 Å². The number of aromatic nitrogens is 2. The monoisotopic (exact) mass is 571 g/mol. The molecule has 172 valence electrons. The summed E-state index contributed by atoms with van der Waals surface area (Å²) < 4.78 is 34.3. The molecule has 5 rings (SSSR count). The summed E-state index contributed by atoms with van der Waals surface area (Å²) in [5.74, 6) is -0.525. The van der Waals surface area contributed by atoms with Gasteiger partial charge in [0.15, 0.2) is 0 Å². The smallest absolute Gasteiger partial charge is 0.148 e. The quantitative estimate of drug-likeness (QED) is 0.382. The van der Waals surface area contributed by atoms with Crippen LogP contribution in [0, 0.1) is 11.6 Å². The van der Waals surface area contributed by atoms with Gasteiger partial charge < -0.3 is 9.84 Å². The Morgan fingerprint density at radius 3 is 2.31 bits per heavy atom. The van der Waals surface area contributed by atoms with Crippen molar-refractivity contribution in [3.8, 4) is 0 Å². The summed E-state index contributed by atoms with van der Waals surface area (Å²) in [6.45, 7) is 9.43. The fourth-order valence-corrected chi connectivity index (χ4v) is 3.54. The third kappa shape index (κ3) is 6.43. The molecular formula is C23H25Br2F2N3O2. The van der Waals surface area contributed by atoms with Gasteiger partial charge in [0, 0.05) is 11.8 Å². The second-order valence-electron chi connectivity index (χ2n) is 8.86. The first-order chi connectivity index (χ1) is 14.9. The summed E-state index contributed by atoms with van der Waals surface area (Å²) in [7, 11) is 0. The Morgan fingerprint density at radius 1 is 1.12 bits per heavy atom. The minimum Gasteiger partial charge on any atom is -0.389 e. The molecule has 32 heavy (non-hydrogen) atoms.